The van der Waals surface area contributed by atoms with Crippen molar-refractivity contribution in [2.45, 2.75) is 5.25 Å². The van der Waals surface area contributed by atoms with Gasteiger partial charge in [0.15, 0.2) is 0 Å². The Morgan fingerprint density at radius 3 is 2.42 bits per heavy atom. The van der Waals surface area contributed by atoms with Crippen LogP contribution in [0.2, 0.25) is 5.02 Å². The van der Waals surface area contributed by atoms with Gasteiger partial charge >= 0.3 is 0 Å². The highest BCUT2D eigenvalue weighted by Crippen LogP contribution is 2.48. The summed E-state index contributed by atoms with van der Waals surface area (Å²) in [6.45, 7) is 1.72. The van der Waals surface area contributed by atoms with Crippen molar-refractivity contribution in [1.29, 1.82) is 0 Å². The van der Waals surface area contributed by atoms with E-state index in [4.69, 9.17) is 21.4 Å². The summed E-state index contributed by atoms with van der Waals surface area (Å²) < 4.78 is 21.0. The maximum Gasteiger partial charge on any atom is 0.242 e. The SMILES string of the molecule is O=C(CN1C(=O)CS[C@H](c2ccc(F)cc2)c2c(-c3ccccc3)nn(-c3ccccc3Cl)c21)N1CCOCC1. The van der Waals surface area contributed by atoms with Crippen LogP contribution >= 0.6 is 23.4 Å². The van der Waals surface area contributed by atoms with Gasteiger partial charge in [0.05, 0.1) is 40.6 Å². The van der Waals surface area contributed by atoms with E-state index in [2.05, 4.69) is 0 Å². The molecule has 1 atom stereocenters. The Hall–Kier alpha value is -3.66. The zero-order valence-corrected chi connectivity index (χ0v) is 23.1. The van der Waals surface area contributed by atoms with E-state index in [-0.39, 0.29) is 35.2 Å². The fourth-order valence-corrected chi connectivity index (χ4v) is 6.48. The maximum atomic E-state index is 13.9. The number of carbonyl (C=O) groups is 2. The molecule has 2 aliphatic rings. The van der Waals surface area contributed by atoms with Crippen LogP contribution in [0.5, 0.6) is 0 Å². The van der Waals surface area contributed by atoms with Crippen LogP contribution in [-0.2, 0) is 14.3 Å². The number of ether oxygens (including phenoxy) is 1. The molecule has 2 amide bonds. The molecule has 10 heteroatoms. The third-order valence-corrected chi connectivity index (χ3v) is 8.62. The topological polar surface area (TPSA) is 67.7 Å². The van der Waals surface area contributed by atoms with Crippen LogP contribution in [0.4, 0.5) is 10.2 Å². The average molecular weight is 577 g/mol. The average Bonchev–Trinajstić information content (AvgIpc) is 3.31. The minimum atomic E-state index is -0.352. The summed E-state index contributed by atoms with van der Waals surface area (Å²) in [7, 11) is 0. The summed E-state index contributed by atoms with van der Waals surface area (Å²) in [4.78, 5) is 30.6. The second kappa shape index (κ2) is 11.4. The van der Waals surface area contributed by atoms with Gasteiger partial charge in [0, 0.05) is 24.2 Å². The van der Waals surface area contributed by atoms with Crippen LogP contribution in [0, 0.1) is 5.82 Å². The lowest BCUT2D eigenvalue weighted by molar-refractivity contribution is -0.134. The number of amides is 2. The quantitative estimate of drug-likeness (QED) is 0.320. The van der Waals surface area contributed by atoms with E-state index >= 15 is 0 Å². The van der Waals surface area contributed by atoms with Crippen molar-refractivity contribution < 1.29 is 18.7 Å². The summed E-state index contributed by atoms with van der Waals surface area (Å²) in [5, 5.41) is 5.14. The van der Waals surface area contributed by atoms with E-state index in [0.717, 1.165) is 16.7 Å². The second-order valence-corrected chi connectivity index (χ2v) is 11.0. The van der Waals surface area contributed by atoms with Crippen molar-refractivity contribution in [3.05, 3.63) is 101 Å². The molecule has 0 N–H and O–H groups in total. The first-order valence-corrected chi connectivity index (χ1v) is 14.4. The standard InChI is InChI=1S/C30H26ClFN4O3S/c31-23-8-4-5-9-24(23)36-30-27(28(33-36)20-6-2-1-3-7-20)29(21-10-12-22(32)13-11-21)40-19-26(38)35(30)18-25(37)34-14-16-39-17-15-34/h1-13,29H,14-19H2/t29-/m1/s1. The minimum Gasteiger partial charge on any atom is -0.378 e. The van der Waals surface area contributed by atoms with Gasteiger partial charge in [-0.15, -0.1) is 11.8 Å². The second-order valence-electron chi connectivity index (χ2n) is 9.53. The molecule has 204 valence electrons. The molecule has 0 radical (unpaired) electrons. The van der Waals surface area contributed by atoms with Gasteiger partial charge in [0.2, 0.25) is 11.8 Å². The highest BCUT2D eigenvalue weighted by Gasteiger charge is 2.38. The first-order chi connectivity index (χ1) is 19.5. The van der Waals surface area contributed by atoms with Gasteiger partial charge in [0.1, 0.15) is 18.2 Å². The van der Waals surface area contributed by atoms with Crippen molar-refractivity contribution in [3.8, 4) is 16.9 Å². The van der Waals surface area contributed by atoms with Crippen LogP contribution in [0.25, 0.3) is 16.9 Å². The van der Waals surface area contributed by atoms with Gasteiger partial charge in [-0.3, -0.25) is 14.5 Å². The third-order valence-electron chi connectivity index (χ3n) is 7.05. The summed E-state index contributed by atoms with van der Waals surface area (Å²) in [6, 6.07) is 23.3. The lowest BCUT2D eigenvalue weighted by Crippen LogP contribution is -2.48. The Bertz CT molecular complexity index is 1540. The number of halogens is 2. The van der Waals surface area contributed by atoms with Crippen LogP contribution in [-0.4, -0.2) is 65.1 Å². The number of nitrogens with zero attached hydrogens (tertiary/aromatic N) is 4. The Balaban J connectivity index is 1.59. The highest BCUT2D eigenvalue weighted by molar-refractivity contribution is 8.00. The van der Waals surface area contributed by atoms with Crippen LogP contribution in [0.3, 0.4) is 0 Å². The molecule has 0 aliphatic carbocycles. The van der Waals surface area contributed by atoms with Crippen molar-refractivity contribution in [2.75, 3.05) is 43.5 Å². The number of fused-ring (bicyclic) bond motifs is 1. The molecular formula is C30H26ClFN4O3S. The van der Waals surface area contributed by atoms with Crippen molar-refractivity contribution in [1.82, 2.24) is 14.7 Å². The van der Waals surface area contributed by atoms with Gasteiger partial charge in [-0.25, -0.2) is 9.07 Å². The normalized spacial score (nSPS) is 17.4. The molecular weight excluding hydrogens is 551 g/mol. The van der Waals surface area contributed by atoms with Crippen LogP contribution in [0.1, 0.15) is 16.4 Å². The smallest absolute Gasteiger partial charge is 0.242 e. The van der Waals surface area contributed by atoms with E-state index in [0.29, 0.717) is 48.5 Å². The Morgan fingerprint density at radius 1 is 1.00 bits per heavy atom. The van der Waals surface area contributed by atoms with Gasteiger partial charge in [-0.2, -0.15) is 5.10 Å². The first kappa shape index (κ1) is 26.6. The highest BCUT2D eigenvalue weighted by atomic mass is 35.5. The molecule has 3 aromatic carbocycles. The van der Waals surface area contributed by atoms with E-state index in [1.165, 1.54) is 28.8 Å². The Labute approximate surface area is 240 Å². The number of morpholine rings is 1. The molecule has 40 heavy (non-hydrogen) atoms. The maximum absolute atomic E-state index is 13.9. The molecule has 1 fully saturated rings. The zero-order chi connectivity index (χ0) is 27.6. The van der Waals surface area contributed by atoms with E-state index in [9.17, 15) is 14.0 Å². The molecule has 4 aromatic rings. The van der Waals surface area contributed by atoms with Gasteiger partial charge in [-0.05, 0) is 29.8 Å². The monoisotopic (exact) mass is 576 g/mol. The van der Waals surface area contributed by atoms with Crippen molar-refractivity contribution in [2.24, 2.45) is 0 Å². The molecule has 0 bridgehead atoms. The van der Waals surface area contributed by atoms with Crippen molar-refractivity contribution >= 4 is 41.0 Å². The first-order valence-electron chi connectivity index (χ1n) is 13.0. The van der Waals surface area contributed by atoms with Crippen LogP contribution < -0.4 is 4.90 Å². The molecule has 2 aliphatic heterocycles. The number of para-hydroxylation sites is 1. The van der Waals surface area contributed by atoms with Gasteiger partial charge in [-0.1, -0.05) is 66.2 Å². The molecule has 0 spiro atoms. The number of benzene rings is 3. The number of thioether (sulfide) groups is 1. The number of rotatable bonds is 5. The number of anilines is 1. The van der Waals surface area contributed by atoms with E-state index < -0.39 is 0 Å². The number of hydrogen-bond acceptors (Lipinski definition) is 5. The Kier molecular flexibility index (Phi) is 7.60. The number of hydrogen-bond donors (Lipinski definition) is 0. The summed E-state index contributed by atoms with van der Waals surface area (Å²) in [5.41, 5.74) is 3.70. The van der Waals surface area contributed by atoms with Gasteiger partial charge < -0.3 is 9.64 Å². The molecule has 3 heterocycles. The third kappa shape index (κ3) is 5.12. The fraction of sp³-hybridized carbons (Fsp3) is 0.233. The zero-order valence-electron chi connectivity index (χ0n) is 21.5. The van der Waals surface area contributed by atoms with Gasteiger partial charge in [0.25, 0.3) is 0 Å². The Morgan fingerprint density at radius 2 is 1.70 bits per heavy atom. The number of carbonyl (C=O) groups excluding carboxylic acids is 2. The minimum absolute atomic E-state index is 0.129. The lowest BCUT2D eigenvalue weighted by atomic mass is 9.99. The lowest BCUT2D eigenvalue weighted by Gasteiger charge is -2.30. The summed E-state index contributed by atoms with van der Waals surface area (Å²) in [6.07, 6.45) is 0. The predicted molar refractivity (Wildman–Crippen MR) is 154 cm³/mol. The number of aromatic nitrogens is 2. The molecule has 0 unspecified atom stereocenters. The van der Waals surface area contributed by atoms with E-state index in [1.807, 2.05) is 48.5 Å². The molecule has 1 saturated heterocycles. The largest absolute Gasteiger partial charge is 0.378 e. The summed E-state index contributed by atoms with van der Waals surface area (Å²) in [5.74, 6) is -0.111. The fourth-order valence-electron chi connectivity index (χ4n) is 5.07. The molecule has 7 nitrogen and oxygen atoms in total. The van der Waals surface area contributed by atoms with E-state index in [1.54, 1.807) is 27.8 Å². The predicted octanol–water partition coefficient (Wildman–Crippen LogP) is 5.36. The van der Waals surface area contributed by atoms with Crippen LogP contribution in [0.15, 0.2) is 78.9 Å². The van der Waals surface area contributed by atoms with Crippen molar-refractivity contribution in [3.63, 3.8) is 0 Å². The molecule has 0 saturated carbocycles. The molecule has 6 rings (SSSR count). The summed E-state index contributed by atoms with van der Waals surface area (Å²) >= 11 is 8.12. The molecule has 1 aromatic heterocycles.